The first kappa shape index (κ1) is 30.0. The molecule has 7 heteroatoms. The SMILES string of the molecule is C=C/C=C(\C=C)c1cccc(-c2ccc3nc4c5c(cncc5c3c2)N(c2nc(-c3ccccc3)nc(-c3ccccc3)n2)c2cnccc2-4)c1. The van der Waals surface area contributed by atoms with Crippen LogP contribution in [0.4, 0.5) is 17.3 Å². The Kier molecular flexibility index (Phi) is 7.29. The summed E-state index contributed by atoms with van der Waals surface area (Å²) in [7, 11) is 0. The van der Waals surface area contributed by atoms with Crippen molar-refractivity contribution in [1.29, 1.82) is 0 Å². The Morgan fingerprint density at radius 1 is 0.588 bits per heavy atom. The Hall–Kier alpha value is -7.12. The number of allylic oxidation sites excluding steroid dienone is 4. The molecular weight excluding hydrogens is 627 g/mol. The average Bonchev–Trinajstić information content (AvgIpc) is 3.20. The molecule has 0 bridgehead atoms. The molecular formula is C44H29N7. The zero-order valence-electron chi connectivity index (χ0n) is 27.5. The summed E-state index contributed by atoms with van der Waals surface area (Å²) >= 11 is 0. The topological polar surface area (TPSA) is 80.6 Å². The molecule has 0 spiro atoms. The molecule has 0 saturated carbocycles. The van der Waals surface area contributed by atoms with Crippen molar-refractivity contribution < 1.29 is 0 Å². The number of pyridine rings is 3. The molecule has 51 heavy (non-hydrogen) atoms. The van der Waals surface area contributed by atoms with Gasteiger partial charge in [0.05, 0.1) is 35.0 Å². The molecule has 1 aliphatic rings. The highest BCUT2D eigenvalue weighted by atomic mass is 15.3. The highest BCUT2D eigenvalue weighted by molar-refractivity contribution is 6.19. The second-order valence-electron chi connectivity index (χ2n) is 12.2. The minimum absolute atomic E-state index is 0.466. The standard InChI is InChI=1S/C44H29N7/c1-3-12-28(4-2)31-17-11-18-32(23-31)33-19-20-37-35(24-33)36-25-46-27-39-40(36)41(47-37)34-21-22-45-26-38(34)51(39)44-49-42(29-13-7-5-8-14-29)48-43(50-44)30-15-9-6-10-16-30/h3-27H,1-2H2/b28-12+. The molecule has 240 valence electrons. The van der Waals surface area contributed by atoms with Crippen molar-refractivity contribution in [3.63, 3.8) is 0 Å². The van der Waals surface area contributed by atoms with Crippen molar-refractivity contribution in [1.82, 2.24) is 29.9 Å². The molecule has 0 unspecified atom stereocenters. The number of hydrogen-bond acceptors (Lipinski definition) is 7. The van der Waals surface area contributed by atoms with Crippen molar-refractivity contribution in [2.75, 3.05) is 4.90 Å². The Morgan fingerprint density at radius 2 is 1.29 bits per heavy atom. The van der Waals surface area contributed by atoms with E-state index in [0.717, 1.165) is 77.7 Å². The Morgan fingerprint density at radius 3 is 2.02 bits per heavy atom. The maximum atomic E-state index is 5.28. The van der Waals surface area contributed by atoms with Gasteiger partial charge in [-0.2, -0.15) is 9.97 Å². The molecule has 0 radical (unpaired) electrons. The lowest BCUT2D eigenvalue weighted by Gasteiger charge is -2.31. The molecule has 0 N–H and O–H groups in total. The predicted molar refractivity (Wildman–Crippen MR) is 207 cm³/mol. The van der Waals surface area contributed by atoms with Crippen LogP contribution in [0.5, 0.6) is 0 Å². The first-order chi connectivity index (χ1) is 25.2. The van der Waals surface area contributed by atoms with Crippen LogP contribution in [0.1, 0.15) is 5.56 Å². The molecule has 0 aliphatic carbocycles. The van der Waals surface area contributed by atoms with Crippen LogP contribution < -0.4 is 4.90 Å². The number of aromatic nitrogens is 6. The molecule has 0 amide bonds. The largest absolute Gasteiger partial charge is 0.275 e. The minimum Gasteiger partial charge on any atom is -0.275 e. The Balaban J connectivity index is 1.28. The summed E-state index contributed by atoms with van der Waals surface area (Å²) in [6, 6.07) is 36.8. The first-order valence-electron chi connectivity index (χ1n) is 16.6. The van der Waals surface area contributed by atoms with E-state index >= 15 is 0 Å². The highest BCUT2D eigenvalue weighted by Gasteiger charge is 2.31. The first-order valence-corrected chi connectivity index (χ1v) is 16.6. The van der Waals surface area contributed by atoms with Crippen molar-refractivity contribution in [2.24, 2.45) is 0 Å². The summed E-state index contributed by atoms with van der Waals surface area (Å²) in [6.07, 6.45) is 13.0. The van der Waals surface area contributed by atoms with Gasteiger partial charge in [0.2, 0.25) is 5.95 Å². The zero-order valence-corrected chi connectivity index (χ0v) is 27.5. The molecule has 0 fully saturated rings. The predicted octanol–water partition coefficient (Wildman–Crippen LogP) is 10.6. The van der Waals surface area contributed by atoms with E-state index in [0.29, 0.717) is 17.6 Å². The van der Waals surface area contributed by atoms with Crippen LogP contribution >= 0.6 is 0 Å². The van der Waals surface area contributed by atoms with Gasteiger partial charge in [-0.25, -0.2) is 9.97 Å². The van der Waals surface area contributed by atoms with Crippen molar-refractivity contribution in [2.45, 2.75) is 0 Å². The summed E-state index contributed by atoms with van der Waals surface area (Å²) in [5, 5.41) is 2.95. The van der Waals surface area contributed by atoms with Gasteiger partial charge in [0, 0.05) is 45.2 Å². The average molecular weight is 656 g/mol. The Labute approximate surface area is 294 Å². The Bertz CT molecular complexity index is 2630. The number of rotatable bonds is 7. The van der Waals surface area contributed by atoms with Crippen LogP contribution in [0.2, 0.25) is 0 Å². The van der Waals surface area contributed by atoms with Crippen molar-refractivity contribution in [3.05, 3.63) is 171 Å². The van der Waals surface area contributed by atoms with Crippen LogP contribution in [-0.4, -0.2) is 29.9 Å². The third-order valence-electron chi connectivity index (χ3n) is 9.15. The normalized spacial score (nSPS) is 12.2. The van der Waals surface area contributed by atoms with Gasteiger partial charge in [-0.1, -0.05) is 116 Å². The van der Waals surface area contributed by atoms with Gasteiger partial charge < -0.3 is 0 Å². The third-order valence-corrected chi connectivity index (χ3v) is 9.15. The highest BCUT2D eigenvalue weighted by Crippen LogP contribution is 2.50. The van der Waals surface area contributed by atoms with E-state index in [9.17, 15) is 0 Å². The van der Waals surface area contributed by atoms with Gasteiger partial charge in [-0.05, 0) is 46.5 Å². The van der Waals surface area contributed by atoms with E-state index in [2.05, 4.69) is 60.6 Å². The lowest BCUT2D eigenvalue weighted by atomic mass is 9.93. The van der Waals surface area contributed by atoms with Crippen LogP contribution in [0.15, 0.2) is 165 Å². The monoisotopic (exact) mass is 655 g/mol. The van der Waals surface area contributed by atoms with Gasteiger partial charge in [0.15, 0.2) is 11.6 Å². The van der Waals surface area contributed by atoms with Gasteiger partial charge in [0.1, 0.15) is 0 Å². The number of hydrogen-bond donors (Lipinski definition) is 0. The van der Waals surface area contributed by atoms with Crippen LogP contribution in [0.25, 0.3) is 72.4 Å². The fourth-order valence-corrected chi connectivity index (χ4v) is 6.77. The maximum absolute atomic E-state index is 5.28. The van der Waals surface area contributed by atoms with E-state index in [4.69, 9.17) is 24.9 Å². The van der Waals surface area contributed by atoms with E-state index in [1.807, 2.05) is 102 Å². The van der Waals surface area contributed by atoms with Gasteiger partial charge in [-0.15, -0.1) is 0 Å². The molecule has 1 aliphatic heterocycles. The van der Waals surface area contributed by atoms with Crippen LogP contribution in [-0.2, 0) is 0 Å². The van der Waals surface area contributed by atoms with E-state index in [-0.39, 0.29) is 0 Å². The summed E-state index contributed by atoms with van der Waals surface area (Å²) in [5.74, 6) is 1.61. The van der Waals surface area contributed by atoms with Gasteiger partial charge >= 0.3 is 0 Å². The molecule has 8 aromatic rings. The van der Waals surface area contributed by atoms with E-state index < -0.39 is 0 Å². The van der Waals surface area contributed by atoms with E-state index in [1.54, 1.807) is 12.3 Å². The quantitative estimate of drug-likeness (QED) is 0.125. The summed E-state index contributed by atoms with van der Waals surface area (Å²) in [5.41, 5.74) is 10.3. The fraction of sp³-hybridized carbons (Fsp3) is 0. The molecule has 7 nitrogen and oxygen atoms in total. The summed E-state index contributed by atoms with van der Waals surface area (Å²) in [6.45, 7) is 7.86. The van der Waals surface area contributed by atoms with E-state index in [1.165, 1.54) is 0 Å². The third kappa shape index (κ3) is 5.16. The molecule has 0 saturated heterocycles. The number of benzene rings is 4. The summed E-state index contributed by atoms with van der Waals surface area (Å²) in [4.78, 5) is 31.7. The van der Waals surface area contributed by atoms with Crippen molar-refractivity contribution in [3.8, 4) is 45.2 Å². The molecule has 9 rings (SSSR count). The smallest absolute Gasteiger partial charge is 0.238 e. The molecule has 5 heterocycles. The van der Waals surface area contributed by atoms with Crippen molar-refractivity contribution >= 4 is 44.6 Å². The molecule has 4 aromatic carbocycles. The lowest BCUT2D eigenvalue weighted by molar-refractivity contribution is 1.02. The number of nitrogens with zero attached hydrogens (tertiary/aromatic N) is 7. The summed E-state index contributed by atoms with van der Waals surface area (Å²) < 4.78 is 0. The maximum Gasteiger partial charge on any atom is 0.238 e. The molecule has 0 atom stereocenters. The fourth-order valence-electron chi connectivity index (χ4n) is 6.77. The van der Waals surface area contributed by atoms with Crippen LogP contribution in [0.3, 0.4) is 0 Å². The van der Waals surface area contributed by atoms with Gasteiger partial charge in [-0.3, -0.25) is 14.9 Å². The lowest BCUT2D eigenvalue weighted by Crippen LogP contribution is -2.19. The number of anilines is 3. The molecule has 4 aromatic heterocycles. The zero-order chi connectivity index (χ0) is 34.3. The minimum atomic E-state index is 0.466. The van der Waals surface area contributed by atoms with Gasteiger partial charge in [0.25, 0.3) is 0 Å². The number of fused-ring (bicyclic) bond motifs is 4. The second kappa shape index (κ2) is 12.4. The second-order valence-corrected chi connectivity index (χ2v) is 12.2. The van der Waals surface area contributed by atoms with Crippen LogP contribution in [0, 0.1) is 0 Å².